The normalized spacial score (nSPS) is 16.1. The van der Waals surface area contributed by atoms with Gasteiger partial charge in [0.25, 0.3) is 5.91 Å². The summed E-state index contributed by atoms with van der Waals surface area (Å²) < 4.78 is 16.1. The standard InChI is InChI=1S/C27H29N3O6/c1-16-28-25(29-36-16)17-10-12-18(13-11-17)30-22(19-8-6-7-9-20(19)35-15-14-34-5)21(23(31)26(30)33)24(32)27(2,3)4/h6-13,22,31H,14-15H2,1-5H3. The van der Waals surface area contributed by atoms with E-state index in [1.54, 1.807) is 77.3 Å². The average Bonchev–Trinajstić information content (AvgIpc) is 3.39. The second-order valence-corrected chi connectivity index (χ2v) is 9.48. The monoisotopic (exact) mass is 491 g/mol. The number of hydrogen-bond donors (Lipinski definition) is 1. The minimum atomic E-state index is -0.888. The number of aliphatic hydroxyl groups is 1. The summed E-state index contributed by atoms with van der Waals surface area (Å²) in [7, 11) is 1.58. The predicted molar refractivity (Wildman–Crippen MR) is 133 cm³/mol. The molecule has 0 aliphatic carbocycles. The fourth-order valence-corrected chi connectivity index (χ4v) is 4.06. The molecule has 1 unspecified atom stereocenters. The maximum Gasteiger partial charge on any atom is 0.294 e. The van der Waals surface area contributed by atoms with Gasteiger partial charge < -0.3 is 19.1 Å². The van der Waals surface area contributed by atoms with Crippen LogP contribution in [0.5, 0.6) is 5.75 Å². The first kappa shape index (κ1) is 25.1. The van der Waals surface area contributed by atoms with Gasteiger partial charge in [-0.05, 0) is 30.3 Å². The summed E-state index contributed by atoms with van der Waals surface area (Å²) >= 11 is 0. The smallest absolute Gasteiger partial charge is 0.294 e. The number of carbonyl (C=O) groups excluding carboxylic acids is 2. The van der Waals surface area contributed by atoms with E-state index in [1.165, 1.54) is 4.90 Å². The van der Waals surface area contributed by atoms with Crippen molar-refractivity contribution in [3.8, 4) is 17.1 Å². The molecule has 1 aliphatic heterocycles. The molecule has 2 aromatic carbocycles. The van der Waals surface area contributed by atoms with Gasteiger partial charge in [0.1, 0.15) is 12.4 Å². The van der Waals surface area contributed by atoms with Crippen molar-refractivity contribution in [1.29, 1.82) is 0 Å². The lowest BCUT2D eigenvalue weighted by atomic mass is 9.82. The minimum absolute atomic E-state index is 0.0353. The Morgan fingerprint density at radius 2 is 1.81 bits per heavy atom. The molecule has 0 saturated carbocycles. The van der Waals surface area contributed by atoms with Crippen molar-refractivity contribution >= 4 is 17.4 Å². The lowest BCUT2D eigenvalue weighted by molar-refractivity contribution is -0.123. The van der Waals surface area contributed by atoms with E-state index in [0.29, 0.717) is 40.9 Å². The molecular formula is C27H29N3O6. The number of ether oxygens (including phenoxy) is 2. The number of aliphatic hydroxyl groups excluding tert-OH is 1. The van der Waals surface area contributed by atoms with Crippen LogP contribution in [0, 0.1) is 12.3 Å². The molecule has 36 heavy (non-hydrogen) atoms. The highest BCUT2D eigenvalue weighted by Crippen LogP contribution is 2.46. The number of benzene rings is 2. The van der Waals surface area contributed by atoms with Gasteiger partial charge in [0.2, 0.25) is 11.7 Å². The van der Waals surface area contributed by atoms with Crippen LogP contribution in [0.25, 0.3) is 11.4 Å². The number of anilines is 1. The molecule has 2 heterocycles. The van der Waals surface area contributed by atoms with Gasteiger partial charge >= 0.3 is 0 Å². The van der Waals surface area contributed by atoms with Crippen LogP contribution in [0.4, 0.5) is 5.69 Å². The number of aryl methyl sites for hydroxylation is 1. The van der Waals surface area contributed by atoms with Crippen molar-refractivity contribution < 1.29 is 28.7 Å². The lowest BCUT2D eigenvalue weighted by Gasteiger charge is -2.30. The molecule has 9 heteroatoms. The van der Waals surface area contributed by atoms with E-state index >= 15 is 0 Å². The van der Waals surface area contributed by atoms with E-state index in [1.807, 2.05) is 6.07 Å². The number of hydrogen-bond acceptors (Lipinski definition) is 8. The Hall–Kier alpha value is -3.98. The van der Waals surface area contributed by atoms with Crippen LogP contribution in [0.1, 0.15) is 38.3 Å². The number of rotatable bonds is 8. The Morgan fingerprint density at radius 3 is 2.42 bits per heavy atom. The summed E-state index contributed by atoms with van der Waals surface area (Å²) in [5.41, 5.74) is 0.975. The van der Waals surface area contributed by atoms with Crippen LogP contribution in [0.15, 0.2) is 64.4 Å². The number of nitrogens with zero attached hydrogens (tertiary/aromatic N) is 3. The molecule has 188 valence electrons. The van der Waals surface area contributed by atoms with Gasteiger partial charge in [-0.2, -0.15) is 4.98 Å². The van der Waals surface area contributed by atoms with Gasteiger partial charge in [-0.25, -0.2) is 0 Å². The number of para-hydroxylation sites is 1. The van der Waals surface area contributed by atoms with E-state index in [0.717, 1.165) is 0 Å². The third-order valence-electron chi connectivity index (χ3n) is 5.82. The van der Waals surface area contributed by atoms with Crippen LogP contribution < -0.4 is 9.64 Å². The number of amides is 1. The first-order valence-electron chi connectivity index (χ1n) is 11.6. The first-order valence-corrected chi connectivity index (χ1v) is 11.6. The van der Waals surface area contributed by atoms with Gasteiger partial charge in [0.15, 0.2) is 11.5 Å². The Bertz CT molecular complexity index is 1300. The molecule has 1 amide bonds. The number of carbonyl (C=O) groups is 2. The van der Waals surface area contributed by atoms with Gasteiger partial charge in [0, 0.05) is 36.3 Å². The molecule has 0 spiro atoms. The number of Topliss-reactive ketones (excluding diaryl/α,β-unsaturated/α-hetero) is 1. The third-order valence-corrected chi connectivity index (χ3v) is 5.82. The van der Waals surface area contributed by atoms with Crippen molar-refractivity contribution in [3.05, 3.63) is 71.3 Å². The molecule has 4 rings (SSSR count). The van der Waals surface area contributed by atoms with E-state index in [-0.39, 0.29) is 18.0 Å². The van der Waals surface area contributed by atoms with Crippen LogP contribution in [0.3, 0.4) is 0 Å². The highest BCUT2D eigenvalue weighted by molar-refractivity contribution is 6.17. The Balaban J connectivity index is 1.82. The van der Waals surface area contributed by atoms with E-state index < -0.39 is 23.1 Å². The zero-order valence-corrected chi connectivity index (χ0v) is 20.9. The molecule has 0 saturated heterocycles. The highest BCUT2D eigenvalue weighted by atomic mass is 16.5. The van der Waals surface area contributed by atoms with E-state index in [4.69, 9.17) is 14.0 Å². The Labute approximate surface area is 209 Å². The summed E-state index contributed by atoms with van der Waals surface area (Å²) in [4.78, 5) is 32.6. The number of methoxy groups -OCH3 is 1. The summed E-state index contributed by atoms with van der Waals surface area (Å²) in [6.45, 7) is 7.61. The van der Waals surface area contributed by atoms with Crippen molar-refractivity contribution in [1.82, 2.24) is 10.1 Å². The second kappa shape index (κ2) is 9.94. The molecular weight excluding hydrogens is 462 g/mol. The molecule has 1 aliphatic rings. The van der Waals surface area contributed by atoms with Crippen LogP contribution >= 0.6 is 0 Å². The van der Waals surface area contributed by atoms with Crippen molar-refractivity contribution in [2.45, 2.75) is 33.7 Å². The SMILES string of the molecule is COCCOc1ccccc1C1C(C(=O)C(C)(C)C)=C(O)C(=O)N1c1ccc(-c2noc(C)n2)cc1. The van der Waals surface area contributed by atoms with Gasteiger partial charge in [0.05, 0.1) is 18.2 Å². The maximum atomic E-state index is 13.5. The van der Waals surface area contributed by atoms with Gasteiger partial charge in [-0.1, -0.05) is 44.1 Å². The molecule has 1 atom stereocenters. The summed E-state index contributed by atoms with van der Waals surface area (Å²) in [6.07, 6.45) is 0. The van der Waals surface area contributed by atoms with Crippen LogP contribution in [0.2, 0.25) is 0 Å². The van der Waals surface area contributed by atoms with Gasteiger partial charge in [-0.15, -0.1) is 0 Å². The van der Waals surface area contributed by atoms with Crippen molar-refractivity contribution in [3.63, 3.8) is 0 Å². The largest absolute Gasteiger partial charge is 0.503 e. The molecule has 0 bridgehead atoms. The number of aromatic nitrogens is 2. The zero-order valence-electron chi connectivity index (χ0n) is 20.9. The highest BCUT2D eigenvalue weighted by Gasteiger charge is 2.47. The summed E-state index contributed by atoms with van der Waals surface area (Å²) in [6, 6.07) is 13.2. The summed E-state index contributed by atoms with van der Waals surface area (Å²) in [5.74, 6) is -0.207. The van der Waals surface area contributed by atoms with E-state index in [2.05, 4.69) is 10.1 Å². The fourth-order valence-electron chi connectivity index (χ4n) is 4.06. The molecule has 1 N–H and O–H groups in total. The first-order chi connectivity index (χ1) is 17.1. The molecule has 0 fully saturated rings. The molecule has 1 aromatic heterocycles. The van der Waals surface area contributed by atoms with Crippen LogP contribution in [-0.4, -0.2) is 47.3 Å². The zero-order chi connectivity index (χ0) is 26.0. The quantitative estimate of drug-likeness (QED) is 0.455. The second-order valence-electron chi connectivity index (χ2n) is 9.48. The van der Waals surface area contributed by atoms with Crippen molar-refractivity contribution in [2.24, 2.45) is 5.41 Å². The summed E-state index contributed by atoms with van der Waals surface area (Å²) in [5, 5.41) is 14.9. The van der Waals surface area contributed by atoms with Crippen molar-refractivity contribution in [2.75, 3.05) is 25.2 Å². The topological polar surface area (TPSA) is 115 Å². The Kier molecular flexibility index (Phi) is 6.94. The predicted octanol–water partition coefficient (Wildman–Crippen LogP) is 4.59. The third kappa shape index (κ3) is 4.74. The van der Waals surface area contributed by atoms with Gasteiger partial charge in [-0.3, -0.25) is 14.5 Å². The number of ketones is 1. The van der Waals surface area contributed by atoms with Crippen LogP contribution in [-0.2, 0) is 14.3 Å². The Morgan fingerprint density at radius 1 is 1.11 bits per heavy atom. The fraction of sp³-hybridized carbons (Fsp3) is 0.333. The minimum Gasteiger partial charge on any atom is -0.503 e. The maximum absolute atomic E-state index is 13.5. The molecule has 3 aromatic rings. The van der Waals surface area contributed by atoms with E-state index in [9.17, 15) is 14.7 Å². The average molecular weight is 492 g/mol. The molecule has 9 nitrogen and oxygen atoms in total. The molecule has 0 radical (unpaired) electrons. The lowest BCUT2D eigenvalue weighted by Crippen LogP contribution is -2.33.